The number of rotatable bonds is 11. The Hall–Kier alpha value is -4.17. The van der Waals surface area contributed by atoms with Crippen LogP contribution in [0.3, 0.4) is 0 Å². The van der Waals surface area contributed by atoms with Crippen LogP contribution in [0.5, 0.6) is 0 Å². The molecule has 0 spiro atoms. The summed E-state index contributed by atoms with van der Waals surface area (Å²) >= 11 is 0. The van der Waals surface area contributed by atoms with E-state index in [2.05, 4.69) is 34.9 Å². The molecule has 2 aliphatic rings. The molecule has 3 aromatic carbocycles. The third-order valence-corrected chi connectivity index (χ3v) is 8.08. The Labute approximate surface area is 240 Å². The number of hydrogen-bond acceptors (Lipinski definition) is 5. The summed E-state index contributed by atoms with van der Waals surface area (Å²) in [5.41, 5.74) is 5.43. The molecule has 5 rings (SSSR count). The van der Waals surface area contributed by atoms with Crippen LogP contribution in [-0.2, 0) is 25.7 Å². The first kappa shape index (κ1) is 28.4. The van der Waals surface area contributed by atoms with E-state index in [1.54, 1.807) is 6.92 Å². The number of benzene rings is 3. The molecule has 0 aromatic heterocycles. The van der Waals surface area contributed by atoms with E-state index in [1.807, 2.05) is 54.6 Å². The van der Waals surface area contributed by atoms with Crippen molar-refractivity contribution >= 4 is 18.0 Å². The van der Waals surface area contributed by atoms with Crippen molar-refractivity contribution in [3.63, 3.8) is 0 Å². The van der Waals surface area contributed by atoms with Gasteiger partial charge in [0.15, 0.2) is 0 Å². The normalized spacial score (nSPS) is 19.0. The summed E-state index contributed by atoms with van der Waals surface area (Å²) in [4.78, 5) is 37.6. The van der Waals surface area contributed by atoms with Crippen LogP contribution in [0.2, 0.25) is 0 Å². The van der Waals surface area contributed by atoms with Crippen molar-refractivity contribution in [2.45, 2.75) is 63.3 Å². The van der Waals surface area contributed by atoms with Gasteiger partial charge in [0.1, 0.15) is 12.6 Å². The molecule has 41 heavy (non-hydrogen) atoms. The van der Waals surface area contributed by atoms with Gasteiger partial charge in [0.05, 0.1) is 12.7 Å². The van der Waals surface area contributed by atoms with E-state index in [4.69, 9.17) is 14.6 Å². The smallest absolute Gasteiger partial charge is 0.407 e. The maximum Gasteiger partial charge on any atom is 0.407 e. The lowest BCUT2D eigenvalue weighted by Crippen LogP contribution is -2.55. The summed E-state index contributed by atoms with van der Waals surface area (Å²) in [7, 11) is 0. The topological polar surface area (TPSA) is 114 Å². The van der Waals surface area contributed by atoms with Crippen LogP contribution >= 0.6 is 0 Å². The van der Waals surface area contributed by atoms with E-state index in [0.29, 0.717) is 12.8 Å². The van der Waals surface area contributed by atoms with Gasteiger partial charge in [-0.05, 0) is 59.9 Å². The second-order valence-electron chi connectivity index (χ2n) is 10.9. The zero-order valence-corrected chi connectivity index (χ0v) is 23.1. The fourth-order valence-corrected chi connectivity index (χ4v) is 5.99. The molecule has 8 nitrogen and oxygen atoms in total. The Morgan fingerprint density at radius 1 is 0.902 bits per heavy atom. The molecule has 0 heterocycles. The Morgan fingerprint density at radius 2 is 1.54 bits per heavy atom. The lowest BCUT2D eigenvalue weighted by Gasteiger charge is -2.26. The molecule has 2 aliphatic carbocycles. The van der Waals surface area contributed by atoms with Crippen LogP contribution < -0.4 is 10.6 Å². The molecule has 4 atom stereocenters. The Bertz CT molecular complexity index is 1330. The fourth-order valence-electron chi connectivity index (χ4n) is 5.99. The van der Waals surface area contributed by atoms with Gasteiger partial charge in [0.25, 0.3) is 0 Å². The molecule has 1 fully saturated rings. The highest BCUT2D eigenvalue weighted by Gasteiger charge is 2.34. The van der Waals surface area contributed by atoms with Crippen molar-refractivity contribution in [2.75, 3.05) is 6.61 Å². The molecule has 0 aliphatic heterocycles. The summed E-state index contributed by atoms with van der Waals surface area (Å²) in [6.45, 7) is 2.16. The first-order valence-electron chi connectivity index (χ1n) is 14.2. The summed E-state index contributed by atoms with van der Waals surface area (Å²) in [5.74, 6) is -1.28. The molecule has 0 saturated heterocycles. The Kier molecular flexibility index (Phi) is 8.99. The minimum atomic E-state index is -0.993. The van der Waals surface area contributed by atoms with Gasteiger partial charge in [-0.2, -0.15) is 0 Å². The molecule has 0 radical (unpaired) electrons. The first-order chi connectivity index (χ1) is 19.9. The van der Waals surface area contributed by atoms with Gasteiger partial charge < -0.3 is 25.2 Å². The molecule has 1 saturated carbocycles. The van der Waals surface area contributed by atoms with Gasteiger partial charge in [-0.15, -0.1) is 0 Å². The van der Waals surface area contributed by atoms with Crippen molar-refractivity contribution in [3.8, 4) is 11.1 Å². The van der Waals surface area contributed by atoms with Crippen molar-refractivity contribution in [3.05, 3.63) is 95.6 Å². The van der Waals surface area contributed by atoms with Crippen LogP contribution in [0, 0.1) is 5.92 Å². The molecule has 2 amide bonds. The first-order valence-corrected chi connectivity index (χ1v) is 14.2. The number of carbonyl (C=O) groups is 3. The number of nitrogens with one attached hydrogen (secondary N) is 2. The lowest BCUT2D eigenvalue weighted by atomic mass is 9.98. The standard InChI is InChI=1S/C33H36N2O6/c1-21(40-19-22-9-3-2-4-10-22)31(32(38)34-24-16-15-23(17-24)18-30(36)37)35-33(39)41-20-29-27-13-7-5-11-25(27)26-12-6-8-14-28(26)29/h2-14,21,23-24,29,31H,15-20H2,1H3,(H,34,38)(H,35,39)(H,36,37). The molecule has 214 valence electrons. The van der Waals surface area contributed by atoms with E-state index < -0.39 is 24.2 Å². The van der Waals surface area contributed by atoms with Gasteiger partial charge >= 0.3 is 12.1 Å². The minimum absolute atomic E-state index is 0.0260. The Morgan fingerprint density at radius 3 is 2.20 bits per heavy atom. The number of hydrogen-bond donors (Lipinski definition) is 3. The molecular weight excluding hydrogens is 520 g/mol. The zero-order valence-electron chi connectivity index (χ0n) is 23.1. The van der Waals surface area contributed by atoms with Gasteiger partial charge in [0.2, 0.25) is 5.91 Å². The summed E-state index contributed by atoms with van der Waals surface area (Å²) < 4.78 is 11.7. The van der Waals surface area contributed by atoms with Crippen LogP contribution in [0.1, 0.15) is 55.2 Å². The van der Waals surface area contributed by atoms with E-state index in [9.17, 15) is 14.4 Å². The molecular formula is C33H36N2O6. The average molecular weight is 557 g/mol. The molecule has 3 N–H and O–H groups in total. The van der Waals surface area contributed by atoms with Gasteiger partial charge in [-0.1, -0.05) is 78.9 Å². The minimum Gasteiger partial charge on any atom is -0.481 e. The average Bonchev–Trinajstić information content (AvgIpc) is 3.55. The number of alkyl carbamates (subject to hydrolysis) is 1. The number of carboxylic acid groups (broad SMARTS) is 1. The van der Waals surface area contributed by atoms with Gasteiger partial charge in [0, 0.05) is 18.4 Å². The zero-order chi connectivity index (χ0) is 28.8. The van der Waals surface area contributed by atoms with Crippen LogP contribution in [-0.4, -0.2) is 47.9 Å². The van der Waals surface area contributed by atoms with Crippen molar-refractivity contribution in [1.29, 1.82) is 0 Å². The SMILES string of the molecule is CC(OCc1ccccc1)C(NC(=O)OCC1c2ccccc2-c2ccccc21)C(=O)NC1CCC(CC(=O)O)C1. The second-order valence-corrected chi connectivity index (χ2v) is 10.9. The molecule has 4 unspecified atom stereocenters. The second kappa shape index (κ2) is 13.0. The number of aliphatic carboxylic acids is 1. The molecule has 8 heteroatoms. The highest BCUT2D eigenvalue weighted by molar-refractivity contribution is 5.86. The van der Waals surface area contributed by atoms with Crippen LogP contribution in [0.15, 0.2) is 78.9 Å². The predicted molar refractivity (Wildman–Crippen MR) is 154 cm³/mol. The number of fused-ring (bicyclic) bond motifs is 3. The Balaban J connectivity index is 1.24. The lowest BCUT2D eigenvalue weighted by molar-refractivity contribution is -0.138. The predicted octanol–water partition coefficient (Wildman–Crippen LogP) is 5.26. The maximum absolute atomic E-state index is 13.4. The third kappa shape index (κ3) is 6.95. The number of carbonyl (C=O) groups excluding carboxylic acids is 2. The van der Waals surface area contributed by atoms with Crippen LogP contribution in [0.25, 0.3) is 11.1 Å². The monoisotopic (exact) mass is 556 g/mol. The van der Waals surface area contributed by atoms with Crippen molar-refractivity contribution in [1.82, 2.24) is 10.6 Å². The van der Waals surface area contributed by atoms with Gasteiger partial charge in [-0.3, -0.25) is 9.59 Å². The van der Waals surface area contributed by atoms with Crippen LogP contribution in [0.4, 0.5) is 4.79 Å². The number of ether oxygens (including phenoxy) is 2. The van der Waals surface area contributed by atoms with Gasteiger partial charge in [-0.25, -0.2) is 4.79 Å². The quantitative estimate of drug-likeness (QED) is 0.297. The van der Waals surface area contributed by atoms with Crippen molar-refractivity contribution in [2.24, 2.45) is 5.92 Å². The van der Waals surface area contributed by atoms with E-state index in [-0.39, 0.29) is 43.4 Å². The van der Waals surface area contributed by atoms with Crippen molar-refractivity contribution < 1.29 is 29.0 Å². The molecule has 0 bridgehead atoms. The van der Waals surface area contributed by atoms with E-state index in [1.165, 1.54) is 0 Å². The third-order valence-electron chi connectivity index (χ3n) is 8.08. The highest BCUT2D eigenvalue weighted by atomic mass is 16.5. The maximum atomic E-state index is 13.4. The summed E-state index contributed by atoms with van der Waals surface area (Å²) in [6.07, 6.45) is 0.770. The number of carboxylic acids is 1. The molecule has 3 aromatic rings. The highest BCUT2D eigenvalue weighted by Crippen LogP contribution is 2.44. The van der Waals surface area contributed by atoms with E-state index >= 15 is 0 Å². The fraction of sp³-hybridized carbons (Fsp3) is 0.364. The number of amides is 2. The van der Waals surface area contributed by atoms with E-state index in [0.717, 1.165) is 34.2 Å². The largest absolute Gasteiger partial charge is 0.481 e. The summed E-state index contributed by atoms with van der Waals surface area (Å²) in [5, 5.41) is 14.9. The summed E-state index contributed by atoms with van der Waals surface area (Å²) in [6, 6.07) is 24.7.